The van der Waals surface area contributed by atoms with Crippen molar-refractivity contribution in [3.8, 4) is 11.5 Å². The molecule has 1 heterocycles. The molecule has 0 saturated carbocycles. The first-order valence-corrected chi connectivity index (χ1v) is 5.61. The number of carbonyl (C=O) groups excluding carboxylic acids is 1. The summed E-state index contributed by atoms with van der Waals surface area (Å²) in [5, 5.41) is 1.14. The molecule has 1 aromatic carbocycles. The molecule has 18 heavy (non-hydrogen) atoms. The molecule has 1 aliphatic rings. The van der Waals surface area contributed by atoms with Gasteiger partial charge in [-0.1, -0.05) is 12.1 Å². The summed E-state index contributed by atoms with van der Waals surface area (Å²) >= 11 is 0. The van der Waals surface area contributed by atoms with Gasteiger partial charge in [-0.3, -0.25) is 9.63 Å². The molecular weight excluding hydrogens is 234 g/mol. The quantitative estimate of drug-likeness (QED) is 0.601. The number of rotatable bonds is 3. The Kier molecular flexibility index (Phi) is 3.84. The molecule has 0 aromatic heterocycles. The summed E-state index contributed by atoms with van der Waals surface area (Å²) in [6.07, 6.45) is 3.11. The van der Waals surface area contributed by atoms with Crippen molar-refractivity contribution in [2.24, 2.45) is 0 Å². The molecule has 0 unspecified atom stereocenters. The summed E-state index contributed by atoms with van der Waals surface area (Å²) < 4.78 is 11.0. The number of likely N-dealkylation sites (N-methyl/N-ethyl adjacent to an activating group) is 1. The van der Waals surface area contributed by atoms with E-state index < -0.39 is 0 Å². The molecule has 1 aliphatic heterocycles. The highest BCUT2D eigenvalue weighted by atomic mass is 16.7. The molecule has 5 heteroatoms. The number of hydrogen-bond acceptors (Lipinski definition) is 4. The minimum Gasteiger partial charge on any atom is -0.486 e. The Morgan fingerprint density at radius 3 is 2.94 bits per heavy atom. The third-order valence-corrected chi connectivity index (χ3v) is 2.59. The topological polar surface area (TPSA) is 48.0 Å². The minimum absolute atomic E-state index is 0.244. The van der Waals surface area contributed by atoms with Crippen molar-refractivity contribution < 1.29 is 19.1 Å². The molecule has 0 N–H and O–H groups in total. The summed E-state index contributed by atoms with van der Waals surface area (Å²) in [6.45, 7) is 1.06. The molecular formula is C13H15NO4. The average Bonchev–Trinajstić information content (AvgIpc) is 2.43. The Hall–Kier alpha value is -2.01. The van der Waals surface area contributed by atoms with Crippen LogP contribution in [0.1, 0.15) is 5.56 Å². The molecule has 0 aliphatic carbocycles. The van der Waals surface area contributed by atoms with Crippen LogP contribution < -0.4 is 9.47 Å². The Balaban J connectivity index is 2.19. The van der Waals surface area contributed by atoms with E-state index in [1.165, 1.54) is 13.2 Å². The van der Waals surface area contributed by atoms with E-state index in [1.807, 2.05) is 18.2 Å². The second-order valence-corrected chi connectivity index (χ2v) is 3.72. The predicted octanol–water partition coefficient (Wildman–Crippen LogP) is 1.49. The number of ether oxygens (including phenoxy) is 2. The lowest BCUT2D eigenvalue weighted by atomic mass is 10.1. The van der Waals surface area contributed by atoms with Crippen LogP contribution in [0.15, 0.2) is 24.3 Å². The zero-order valence-electron chi connectivity index (χ0n) is 10.4. The van der Waals surface area contributed by atoms with Crippen LogP contribution in [0.2, 0.25) is 0 Å². The van der Waals surface area contributed by atoms with Gasteiger partial charge in [-0.25, -0.2) is 5.06 Å². The SMILES string of the molecule is CON(C)C(=O)/C=C/c1cccc2c1OCCO2. The van der Waals surface area contributed by atoms with E-state index in [1.54, 1.807) is 13.1 Å². The Bertz CT molecular complexity index is 470. The third-order valence-electron chi connectivity index (χ3n) is 2.59. The van der Waals surface area contributed by atoms with Gasteiger partial charge in [0.2, 0.25) is 0 Å². The minimum atomic E-state index is -0.244. The molecule has 96 valence electrons. The number of benzene rings is 1. The van der Waals surface area contributed by atoms with Gasteiger partial charge in [0, 0.05) is 18.7 Å². The zero-order chi connectivity index (χ0) is 13.0. The van der Waals surface area contributed by atoms with Crippen LogP contribution in [-0.4, -0.2) is 38.3 Å². The lowest BCUT2D eigenvalue weighted by molar-refractivity contribution is -0.162. The zero-order valence-corrected chi connectivity index (χ0v) is 10.4. The van der Waals surface area contributed by atoms with Crippen molar-refractivity contribution in [3.63, 3.8) is 0 Å². The van der Waals surface area contributed by atoms with E-state index in [2.05, 4.69) is 0 Å². The summed E-state index contributed by atoms with van der Waals surface area (Å²) in [7, 11) is 2.99. The van der Waals surface area contributed by atoms with Crippen LogP contribution in [0.3, 0.4) is 0 Å². The first-order chi connectivity index (χ1) is 8.72. The largest absolute Gasteiger partial charge is 0.486 e. The number of hydroxylamine groups is 2. The molecule has 0 radical (unpaired) electrons. The van der Waals surface area contributed by atoms with Gasteiger partial charge >= 0.3 is 0 Å². The lowest BCUT2D eigenvalue weighted by Gasteiger charge is -2.19. The van der Waals surface area contributed by atoms with Crippen molar-refractivity contribution in [2.45, 2.75) is 0 Å². The Morgan fingerprint density at radius 2 is 2.17 bits per heavy atom. The van der Waals surface area contributed by atoms with E-state index in [9.17, 15) is 4.79 Å². The van der Waals surface area contributed by atoms with Crippen molar-refractivity contribution in [3.05, 3.63) is 29.8 Å². The first kappa shape index (κ1) is 12.4. The number of hydrogen-bond donors (Lipinski definition) is 0. The van der Waals surface area contributed by atoms with Crippen LogP contribution in [-0.2, 0) is 9.63 Å². The van der Waals surface area contributed by atoms with Crippen molar-refractivity contribution in [2.75, 3.05) is 27.4 Å². The standard InChI is InChI=1S/C13H15NO4/c1-14(16-2)12(15)7-6-10-4-3-5-11-13(10)18-9-8-17-11/h3-7H,8-9H2,1-2H3/b7-6+. The number of carbonyl (C=O) groups is 1. The molecule has 2 rings (SSSR count). The van der Waals surface area contributed by atoms with Crippen molar-refractivity contribution in [1.29, 1.82) is 0 Å². The summed E-state index contributed by atoms with van der Waals surface area (Å²) in [4.78, 5) is 16.3. The molecule has 5 nitrogen and oxygen atoms in total. The molecule has 1 aromatic rings. The van der Waals surface area contributed by atoms with Crippen LogP contribution in [0.5, 0.6) is 11.5 Å². The second kappa shape index (κ2) is 5.55. The number of fused-ring (bicyclic) bond motifs is 1. The maximum absolute atomic E-state index is 11.6. The highest BCUT2D eigenvalue weighted by Crippen LogP contribution is 2.34. The number of para-hydroxylation sites is 1. The highest BCUT2D eigenvalue weighted by Gasteiger charge is 2.14. The van der Waals surface area contributed by atoms with Gasteiger partial charge < -0.3 is 9.47 Å². The predicted molar refractivity (Wildman–Crippen MR) is 66.2 cm³/mol. The van der Waals surface area contributed by atoms with E-state index in [0.717, 1.165) is 10.6 Å². The number of amides is 1. The van der Waals surface area contributed by atoms with Crippen molar-refractivity contribution >= 4 is 12.0 Å². The fraction of sp³-hybridized carbons (Fsp3) is 0.308. The maximum Gasteiger partial charge on any atom is 0.269 e. The molecule has 1 amide bonds. The van der Waals surface area contributed by atoms with E-state index in [-0.39, 0.29) is 5.91 Å². The van der Waals surface area contributed by atoms with Crippen LogP contribution in [0.25, 0.3) is 6.08 Å². The Labute approximate surface area is 106 Å². The monoisotopic (exact) mass is 249 g/mol. The molecule has 0 bridgehead atoms. The second-order valence-electron chi connectivity index (χ2n) is 3.72. The van der Waals surface area contributed by atoms with Gasteiger partial charge in [0.15, 0.2) is 11.5 Å². The fourth-order valence-electron chi connectivity index (χ4n) is 1.58. The Morgan fingerprint density at radius 1 is 1.39 bits per heavy atom. The van der Waals surface area contributed by atoms with Gasteiger partial charge in [0.25, 0.3) is 5.91 Å². The molecule has 0 atom stereocenters. The van der Waals surface area contributed by atoms with E-state index in [4.69, 9.17) is 14.3 Å². The van der Waals surface area contributed by atoms with Crippen LogP contribution >= 0.6 is 0 Å². The van der Waals surface area contributed by atoms with E-state index >= 15 is 0 Å². The normalized spacial score (nSPS) is 13.7. The summed E-state index contributed by atoms with van der Waals surface area (Å²) in [5.41, 5.74) is 0.810. The van der Waals surface area contributed by atoms with Gasteiger partial charge in [0.1, 0.15) is 13.2 Å². The van der Waals surface area contributed by atoms with Crippen molar-refractivity contribution in [1.82, 2.24) is 5.06 Å². The molecule has 0 saturated heterocycles. The highest BCUT2D eigenvalue weighted by molar-refractivity contribution is 5.91. The summed E-state index contributed by atoms with van der Waals surface area (Å²) in [5.74, 6) is 1.13. The maximum atomic E-state index is 11.6. The van der Waals surface area contributed by atoms with Gasteiger partial charge in [-0.2, -0.15) is 0 Å². The number of nitrogens with zero attached hydrogens (tertiary/aromatic N) is 1. The average molecular weight is 249 g/mol. The first-order valence-electron chi connectivity index (χ1n) is 5.61. The smallest absolute Gasteiger partial charge is 0.269 e. The van der Waals surface area contributed by atoms with E-state index in [0.29, 0.717) is 24.7 Å². The fourth-order valence-corrected chi connectivity index (χ4v) is 1.58. The van der Waals surface area contributed by atoms with Gasteiger partial charge in [0.05, 0.1) is 7.11 Å². The third kappa shape index (κ3) is 2.62. The van der Waals surface area contributed by atoms with Crippen LogP contribution in [0.4, 0.5) is 0 Å². The summed E-state index contributed by atoms with van der Waals surface area (Å²) in [6, 6.07) is 5.57. The van der Waals surface area contributed by atoms with Gasteiger partial charge in [-0.05, 0) is 12.1 Å². The van der Waals surface area contributed by atoms with Gasteiger partial charge in [-0.15, -0.1) is 0 Å². The lowest BCUT2D eigenvalue weighted by Crippen LogP contribution is -2.23. The molecule has 0 spiro atoms. The van der Waals surface area contributed by atoms with Crippen LogP contribution in [0, 0.1) is 0 Å². The molecule has 0 fully saturated rings.